The van der Waals surface area contributed by atoms with Crippen molar-refractivity contribution in [3.05, 3.63) is 48.5 Å². The summed E-state index contributed by atoms with van der Waals surface area (Å²) in [7, 11) is 1.59. The number of nitrogens with one attached hydrogen (secondary N) is 2. The first kappa shape index (κ1) is 19.1. The number of hydrogen-bond acceptors (Lipinski definition) is 5. The van der Waals surface area contributed by atoms with Gasteiger partial charge in [0, 0.05) is 0 Å². The lowest BCUT2D eigenvalue weighted by atomic mass is 10.3. The Kier molecular flexibility index (Phi) is 7.30. The third-order valence-corrected chi connectivity index (χ3v) is 3.36. The second kappa shape index (κ2) is 9.93. The number of carbonyl (C=O) groups is 2. The molecule has 0 unspecified atom stereocenters. The van der Waals surface area contributed by atoms with Gasteiger partial charge in [-0.1, -0.05) is 12.1 Å². The van der Waals surface area contributed by atoms with E-state index in [-0.39, 0.29) is 13.2 Å². The van der Waals surface area contributed by atoms with Crippen molar-refractivity contribution in [2.24, 2.45) is 0 Å². The topological polar surface area (TPSA) is 85.9 Å². The molecule has 2 rings (SSSR count). The number of anilines is 1. The van der Waals surface area contributed by atoms with Crippen LogP contribution in [0.25, 0.3) is 0 Å². The summed E-state index contributed by atoms with van der Waals surface area (Å²) in [6.07, 6.45) is 0. The minimum absolute atomic E-state index is 0.200. The van der Waals surface area contributed by atoms with Gasteiger partial charge < -0.3 is 24.8 Å². The third kappa shape index (κ3) is 5.70. The molecule has 7 nitrogen and oxygen atoms in total. The summed E-state index contributed by atoms with van der Waals surface area (Å²) in [6.45, 7) is 2.74. The molecule has 0 aromatic heterocycles. The summed E-state index contributed by atoms with van der Waals surface area (Å²) in [5, 5.41) is 5.04. The molecule has 2 aromatic carbocycles. The van der Waals surface area contributed by atoms with Gasteiger partial charge in [0.05, 0.1) is 25.9 Å². The highest BCUT2D eigenvalue weighted by Crippen LogP contribution is 2.23. The fourth-order valence-corrected chi connectivity index (χ4v) is 2.12. The van der Waals surface area contributed by atoms with E-state index in [0.717, 1.165) is 5.75 Å². The van der Waals surface area contributed by atoms with E-state index in [1.54, 1.807) is 55.6 Å². The summed E-state index contributed by atoms with van der Waals surface area (Å²) in [4.78, 5) is 23.8. The average molecular weight is 358 g/mol. The number of para-hydroxylation sites is 2. The van der Waals surface area contributed by atoms with Gasteiger partial charge in [-0.25, -0.2) is 0 Å². The molecular weight excluding hydrogens is 336 g/mol. The first-order valence-electron chi connectivity index (χ1n) is 8.22. The van der Waals surface area contributed by atoms with Crippen LogP contribution in [0.2, 0.25) is 0 Å². The van der Waals surface area contributed by atoms with Crippen molar-refractivity contribution in [3.8, 4) is 17.2 Å². The SMILES string of the molecule is CCOc1ccccc1NC(=O)C(=O)NCCOc1ccc(OC)cc1. The molecule has 0 aliphatic heterocycles. The molecule has 2 aromatic rings. The Morgan fingerprint density at radius 2 is 1.62 bits per heavy atom. The molecule has 26 heavy (non-hydrogen) atoms. The van der Waals surface area contributed by atoms with E-state index in [1.165, 1.54) is 0 Å². The summed E-state index contributed by atoms with van der Waals surface area (Å²) in [5.41, 5.74) is 0.448. The van der Waals surface area contributed by atoms with Crippen LogP contribution in [0.4, 0.5) is 5.69 Å². The second-order valence-electron chi connectivity index (χ2n) is 5.16. The number of amides is 2. The van der Waals surface area contributed by atoms with E-state index in [0.29, 0.717) is 23.8 Å². The van der Waals surface area contributed by atoms with E-state index in [1.807, 2.05) is 6.92 Å². The Labute approximate surface area is 152 Å². The maximum Gasteiger partial charge on any atom is 0.313 e. The molecule has 138 valence electrons. The minimum atomic E-state index is -0.762. The average Bonchev–Trinajstić information content (AvgIpc) is 2.67. The molecule has 0 bridgehead atoms. The van der Waals surface area contributed by atoms with Crippen LogP contribution in [-0.2, 0) is 9.59 Å². The molecule has 0 spiro atoms. The highest BCUT2D eigenvalue weighted by atomic mass is 16.5. The maximum absolute atomic E-state index is 12.0. The van der Waals surface area contributed by atoms with E-state index in [2.05, 4.69) is 10.6 Å². The number of hydrogen-bond donors (Lipinski definition) is 2. The van der Waals surface area contributed by atoms with E-state index in [9.17, 15) is 9.59 Å². The predicted molar refractivity (Wildman–Crippen MR) is 97.7 cm³/mol. The molecule has 0 heterocycles. The van der Waals surface area contributed by atoms with Crippen molar-refractivity contribution < 1.29 is 23.8 Å². The van der Waals surface area contributed by atoms with Gasteiger partial charge in [0.15, 0.2) is 0 Å². The largest absolute Gasteiger partial charge is 0.497 e. The van der Waals surface area contributed by atoms with Crippen LogP contribution in [0.3, 0.4) is 0 Å². The summed E-state index contributed by atoms with van der Waals surface area (Å²) >= 11 is 0. The molecule has 0 aliphatic rings. The van der Waals surface area contributed by atoms with Gasteiger partial charge in [-0.15, -0.1) is 0 Å². The highest BCUT2D eigenvalue weighted by Gasteiger charge is 2.15. The maximum atomic E-state index is 12.0. The van der Waals surface area contributed by atoms with Gasteiger partial charge in [0.1, 0.15) is 23.9 Å². The quantitative estimate of drug-likeness (QED) is 0.558. The Hall–Kier alpha value is -3.22. The molecule has 0 saturated carbocycles. The second-order valence-corrected chi connectivity index (χ2v) is 5.16. The summed E-state index contributed by atoms with van der Waals surface area (Å²) in [5.74, 6) is 0.389. The van der Waals surface area contributed by atoms with Crippen molar-refractivity contribution in [1.29, 1.82) is 0 Å². The number of ether oxygens (including phenoxy) is 3. The van der Waals surface area contributed by atoms with Crippen LogP contribution in [0.15, 0.2) is 48.5 Å². The lowest BCUT2D eigenvalue weighted by Crippen LogP contribution is -2.37. The summed E-state index contributed by atoms with van der Waals surface area (Å²) < 4.78 is 15.9. The zero-order chi connectivity index (χ0) is 18.8. The zero-order valence-corrected chi connectivity index (χ0v) is 14.8. The first-order valence-corrected chi connectivity index (χ1v) is 8.22. The van der Waals surface area contributed by atoms with Crippen molar-refractivity contribution in [2.45, 2.75) is 6.92 Å². The van der Waals surface area contributed by atoms with Crippen molar-refractivity contribution >= 4 is 17.5 Å². The number of carbonyl (C=O) groups excluding carboxylic acids is 2. The number of rotatable bonds is 8. The predicted octanol–water partition coefficient (Wildman–Crippen LogP) is 2.23. The fraction of sp³-hybridized carbons (Fsp3) is 0.263. The normalized spacial score (nSPS) is 9.92. The van der Waals surface area contributed by atoms with Crippen molar-refractivity contribution in [1.82, 2.24) is 5.32 Å². The number of methoxy groups -OCH3 is 1. The Bertz CT molecular complexity index is 731. The molecule has 0 radical (unpaired) electrons. The van der Waals surface area contributed by atoms with Gasteiger partial charge in [0.25, 0.3) is 0 Å². The van der Waals surface area contributed by atoms with Crippen molar-refractivity contribution in [3.63, 3.8) is 0 Å². The molecule has 2 amide bonds. The molecule has 0 aliphatic carbocycles. The summed E-state index contributed by atoms with van der Waals surface area (Å²) in [6, 6.07) is 14.0. The molecule has 0 atom stereocenters. The molecule has 2 N–H and O–H groups in total. The first-order chi connectivity index (χ1) is 12.6. The smallest absolute Gasteiger partial charge is 0.313 e. The van der Waals surface area contributed by atoms with Crippen LogP contribution in [0, 0.1) is 0 Å². The van der Waals surface area contributed by atoms with Crippen LogP contribution < -0.4 is 24.8 Å². The van der Waals surface area contributed by atoms with E-state index < -0.39 is 11.8 Å². The van der Waals surface area contributed by atoms with Gasteiger partial charge in [-0.3, -0.25) is 9.59 Å². The van der Waals surface area contributed by atoms with Crippen LogP contribution >= 0.6 is 0 Å². The van der Waals surface area contributed by atoms with Crippen LogP contribution in [-0.4, -0.2) is 38.7 Å². The molecular formula is C19H22N2O5. The van der Waals surface area contributed by atoms with Crippen molar-refractivity contribution in [2.75, 3.05) is 32.2 Å². The third-order valence-electron chi connectivity index (χ3n) is 3.36. The lowest BCUT2D eigenvalue weighted by Gasteiger charge is -2.11. The minimum Gasteiger partial charge on any atom is -0.497 e. The Morgan fingerprint density at radius 1 is 0.923 bits per heavy atom. The van der Waals surface area contributed by atoms with Gasteiger partial charge in [-0.05, 0) is 43.3 Å². The Morgan fingerprint density at radius 3 is 2.31 bits per heavy atom. The van der Waals surface area contributed by atoms with Gasteiger partial charge in [0.2, 0.25) is 0 Å². The molecule has 0 fully saturated rings. The monoisotopic (exact) mass is 358 g/mol. The van der Waals surface area contributed by atoms with Gasteiger partial charge >= 0.3 is 11.8 Å². The zero-order valence-electron chi connectivity index (χ0n) is 14.8. The molecule has 7 heteroatoms. The lowest BCUT2D eigenvalue weighted by molar-refractivity contribution is -0.136. The number of benzene rings is 2. The standard InChI is InChI=1S/C19H22N2O5/c1-3-25-17-7-5-4-6-16(17)21-19(23)18(22)20-12-13-26-15-10-8-14(24-2)9-11-15/h4-11H,3,12-13H2,1-2H3,(H,20,22)(H,21,23). The van der Waals surface area contributed by atoms with Crippen LogP contribution in [0.1, 0.15) is 6.92 Å². The molecule has 0 saturated heterocycles. The van der Waals surface area contributed by atoms with E-state index in [4.69, 9.17) is 14.2 Å². The fourth-order valence-electron chi connectivity index (χ4n) is 2.12. The van der Waals surface area contributed by atoms with Gasteiger partial charge in [-0.2, -0.15) is 0 Å². The Balaban J connectivity index is 1.76. The highest BCUT2D eigenvalue weighted by molar-refractivity contribution is 6.39. The van der Waals surface area contributed by atoms with Crippen LogP contribution in [0.5, 0.6) is 17.2 Å². The van der Waals surface area contributed by atoms with E-state index >= 15 is 0 Å².